The van der Waals surface area contributed by atoms with Crippen LogP contribution in [0.4, 0.5) is 5.69 Å². The van der Waals surface area contributed by atoms with Gasteiger partial charge in [-0.3, -0.25) is 4.79 Å². The third kappa shape index (κ3) is 3.83. The minimum atomic E-state index is -0.223. The van der Waals surface area contributed by atoms with Gasteiger partial charge in [-0.05, 0) is 44.5 Å². The molecule has 4 N–H and O–H groups in total. The standard InChI is InChI=1S/C26H25N3O3/c1-15-13-20(17(3)28-22-12-8-7-11-19(22)26(27)29-31)25-21(14-15)23(30)16(2)24(32-25)18-9-5-4-6-10-18/h4-14,17,28,31H,1-3H3,(H2,27,29). The van der Waals surface area contributed by atoms with E-state index >= 15 is 0 Å². The van der Waals surface area contributed by atoms with E-state index in [0.717, 1.165) is 16.7 Å². The maximum atomic E-state index is 13.2. The lowest BCUT2D eigenvalue weighted by molar-refractivity contribution is 0.318. The van der Waals surface area contributed by atoms with E-state index in [4.69, 9.17) is 15.4 Å². The summed E-state index contributed by atoms with van der Waals surface area (Å²) in [5.41, 5.74) is 10.9. The summed E-state index contributed by atoms with van der Waals surface area (Å²) in [4.78, 5) is 13.2. The maximum Gasteiger partial charge on any atom is 0.196 e. The summed E-state index contributed by atoms with van der Waals surface area (Å²) in [6, 6.07) is 20.6. The highest BCUT2D eigenvalue weighted by atomic mass is 16.4. The van der Waals surface area contributed by atoms with E-state index in [1.54, 1.807) is 13.0 Å². The van der Waals surface area contributed by atoms with Crippen molar-refractivity contribution in [1.29, 1.82) is 0 Å². The minimum absolute atomic E-state index is 0.0166. The Bertz CT molecular complexity index is 1370. The summed E-state index contributed by atoms with van der Waals surface area (Å²) in [7, 11) is 0. The van der Waals surface area contributed by atoms with Crippen LogP contribution >= 0.6 is 0 Å². The molecule has 4 aromatic rings. The van der Waals surface area contributed by atoms with Crippen molar-refractivity contribution in [2.24, 2.45) is 10.9 Å². The quantitative estimate of drug-likeness (QED) is 0.173. The fraction of sp³-hybridized carbons (Fsp3) is 0.154. The number of nitrogens with two attached hydrogens (primary N) is 1. The summed E-state index contributed by atoms with van der Waals surface area (Å²) in [5.74, 6) is 0.584. The lowest BCUT2D eigenvalue weighted by atomic mass is 9.98. The molecule has 0 amide bonds. The molecule has 0 saturated heterocycles. The number of rotatable bonds is 5. The SMILES string of the molecule is Cc1cc(C(C)Nc2ccccc2C(N)=NO)c2oc(-c3ccccc3)c(C)c(=O)c2c1. The molecule has 1 atom stereocenters. The predicted molar refractivity (Wildman–Crippen MR) is 128 cm³/mol. The average molecular weight is 428 g/mol. The molecule has 0 fully saturated rings. The van der Waals surface area contributed by atoms with Gasteiger partial charge in [-0.25, -0.2) is 0 Å². The van der Waals surface area contributed by atoms with E-state index in [0.29, 0.717) is 33.5 Å². The van der Waals surface area contributed by atoms with Crippen LogP contribution in [-0.4, -0.2) is 11.0 Å². The number of amidine groups is 1. The highest BCUT2D eigenvalue weighted by Gasteiger charge is 2.19. The van der Waals surface area contributed by atoms with Gasteiger partial charge in [0.05, 0.1) is 11.4 Å². The highest BCUT2D eigenvalue weighted by Crippen LogP contribution is 2.32. The Morgan fingerprint density at radius 3 is 2.47 bits per heavy atom. The molecule has 0 saturated carbocycles. The van der Waals surface area contributed by atoms with E-state index in [2.05, 4.69) is 10.5 Å². The van der Waals surface area contributed by atoms with Gasteiger partial charge in [0.25, 0.3) is 0 Å². The van der Waals surface area contributed by atoms with E-state index < -0.39 is 0 Å². The molecule has 1 unspecified atom stereocenters. The Labute approximate surface area is 186 Å². The van der Waals surface area contributed by atoms with E-state index in [1.165, 1.54) is 0 Å². The van der Waals surface area contributed by atoms with E-state index in [-0.39, 0.29) is 17.3 Å². The van der Waals surface area contributed by atoms with Crippen molar-refractivity contribution in [3.8, 4) is 11.3 Å². The number of hydrogen-bond donors (Lipinski definition) is 3. The molecule has 32 heavy (non-hydrogen) atoms. The molecule has 4 rings (SSSR count). The van der Waals surface area contributed by atoms with Crippen LogP contribution in [0.3, 0.4) is 0 Å². The number of benzene rings is 3. The molecule has 0 aliphatic carbocycles. The first-order valence-electron chi connectivity index (χ1n) is 10.4. The van der Waals surface area contributed by atoms with Crippen LogP contribution in [0.5, 0.6) is 0 Å². The fourth-order valence-corrected chi connectivity index (χ4v) is 3.95. The number of nitrogens with zero attached hydrogens (tertiary/aromatic N) is 1. The summed E-state index contributed by atoms with van der Waals surface area (Å²) < 4.78 is 6.37. The second kappa shape index (κ2) is 8.59. The Hall–Kier alpha value is -4.06. The lowest BCUT2D eigenvalue weighted by Gasteiger charge is -2.20. The molecule has 0 aliphatic rings. The molecule has 1 aromatic heterocycles. The first-order valence-corrected chi connectivity index (χ1v) is 10.4. The molecular formula is C26H25N3O3. The van der Waals surface area contributed by atoms with Crippen molar-refractivity contribution in [2.75, 3.05) is 5.32 Å². The second-order valence-corrected chi connectivity index (χ2v) is 7.88. The monoisotopic (exact) mass is 427 g/mol. The number of anilines is 1. The molecule has 6 nitrogen and oxygen atoms in total. The molecule has 0 radical (unpaired) electrons. The molecule has 0 spiro atoms. The highest BCUT2D eigenvalue weighted by molar-refractivity contribution is 6.02. The molecular weight excluding hydrogens is 402 g/mol. The molecule has 0 bridgehead atoms. The van der Waals surface area contributed by atoms with Crippen LogP contribution in [-0.2, 0) is 0 Å². The average Bonchev–Trinajstić information content (AvgIpc) is 2.81. The largest absolute Gasteiger partial charge is 0.455 e. The predicted octanol–water partition coefficient (Wildman–Crippen LogP) is 5.34. The van der Waals surface area contributed by atoms with Crippen LogP contribution in [0.25, 0.3) is 22.3 Å². The number of para-hydroxylation sites is 1. The van der Waals surface area contributed by atoms with Crippen LogP contribution in [0, 0.1) is 13.8 Å². The number of hydrogen-bond acceptors (Lipinski definition) is 5. The van der Waals surface area contributed by atoms with Crippen LogP contribution in [0.2, 0.25) is 0 Å². The Morgan fingerprint density at radius 1 is 1.06 bits per heavy atom. The Kier molecular flexibility index (Phi) is 5.69. The first-order chi connectivity index (χ1) is 15.4. The van der Waals surface area contributed by atoms with Gasteiger partial charge in [-0.15, -0.1) is 0 Å². The minimum Gasteiger partial charge on any atom is -0.455 e. The lowest BCUT2D eigenvalue weighted by Crippen LogP contribution is -2.18. The van der Waals surface area contributed by atoms with Crippen LogP contribution in [0.15, 0.2) is 81.1 Å². The van der Waals surface area contributed by atoms with E-state index in [1.807, 2.05) is 74.5 Å². The van der Waals surface area contributed by atoms with Gasteiger partial charge in [0.1, 0.15) is 11.3 Å². The summed E-state index contributed by atoms with van der Waals surface area (Å²) in [5, 5.41) is 16.2. The van der Waals surface area contributed by atoms with Crippen molar-refractivity contribution in [3.63, 3.8) is 0 Å². The Balaban J connectivity index is 1.88. The van der Waals surface area contributed by atoms with Crippen LogP contribution < -0.4 is 16.5 Å². The fourth-order valence-electron chi connectivity index (χ4n) is 3.95. The van der Waals surface area contributed by atoms with Gasteiger partial charge < -0.3 is 20.7 Å². The smallest absolute Gasteiger partial charge is 0.196 e. The topological polar surface area (TPSA) is 101 Å². The number of nitrogens with one attached hydrogen (secondary N) is 1. The summed E-state index contributed by atoms with van der Waals surface area (Å²) >= 11 is 0. The normalized spacial score (nSPS) is 12.7. The van der Waals surface area contributed by atoms with Gasteiger partial charge in [-0.1, -0.05) is 53.7 Å². The van der Waals surface area contributed by atoms with Gasteiger partial charge in [0, 0.05) is 27.9 Å². The third-order valence-electron chi connectivity index (χ3n) is 5.58. The van der Waals surface area contributed by atoms with Crippen molar-refractivity contribution >= 4 is 22.5 Å². The molecule has 3 aromatic carbocycles. The second-order valence-electron chi connectivity index (χ2n) is 7.88. The van der Waals surface area contributed by atoms with Gasteiger partial charge in [0.2, 0.25) is 0 Å². The summed E-state index contributed by atoms with van der Waals surface area (Å²) in [6.07, 6.45) is 0. The van der Waals surface area contributed by atoms with Crippen LogP contribution in [0.1, 0.15) is 35.2 Å². The Morgan fingerprint density at radius 2 is 1.75 bits per heavy atom. The zero-order chi connectivity index (χ0) is 22.8. The number of fused-ring (bicyclic) bond motifs is 1. The zero-order valence-corrected chi connectivity index (χ0v) is 18.2. The molecule has 1 heterocycles. The summed E-state index contributed by atoms with van der Waals surface area (Å²) in [6.45, 7) is 5.74. The zero-order valence-electron chi connectivity index (χ0n) is 18.2. The van der Waals surface area contributed by atoms with Crippen molar-refractivity contribution in [3.05, 3.63) is 99.2 Å². The molecule has 0 aliphatic heterocycles. The van der Waals surface area contributed by atoms with Gasteiger partial charge >= 0.3 is 0 Å². The first kappa shape index (κ1) is 21.2. The third-order valence-corrected chi connectivity index (χ3v) is 5.58. The van der Waals surface area contributed by atoms with Crippen molar-refractivity contribution in [2.45, 2.75) is 26.8 Å². The van der Waals surface area contributed by atoms with E-state index in [9.17, 15) is 4.79 Å². The molecule has 162 valence electrons. The van der Waals surface area contributed by atoms with Crippen molar-refractivity contribution in [1.82, 2.24) is 0 Å². The van der Waals surface area contributed by atoms with Gasteiger partial charge in [0.15, 0.2) is 11.3 Å². The maximum absolute atomic E-state index is 13.2. The number of aryl methyl sites for hydroxylation is 1. The number of oxime groups is 1. The van der Waals surface area contributed by atoms with Gasteiger partial charge in [-0.2, -0.15) is 0 Å². The van der Waals surface area contributed by atoms with Crippen molar-refractivity contribution < 1.29 is 9.62 Å². The molecule has 6 heteroatoms.